The van der Waals surface area contributed by atoms with Gasteiger partial charge in [0.15, 0.2) is 6.10 Å². The molecule has 0 fully saturated rings. The van der Waals surface area contributed by atoms with E-state index in [4.69, 9.17) is 14.2 Å². The van der Waals surface area contributed by atoms with Crippen molar-refractivity contribution in [2.24, 2.45) is 11.8 Å². The van der Waals surface area contributed by atoms with Crippen molar-refractivity contribution in [1.82, 2.24) is 0 Å². The predicted molar refractivity (Wildman–Crippen MR) is 210 cm³/mol. The van der Waals surface area contributed by atoms with Crippen LogP contribution in [-0.4, -0.2) is 37.2 Å². The second kappa shape index (κ2) is 37.2. The lowest BCUT2D eigenvalue weighted by atomic mass is 10.0. The first kappa shape index (κ1) is 48.4. The first-order valence-corrected chi connectivity index (χ1v) is 21.7. The van der Waals surface area contributed by atoms with Gasteiger partial charge in [-0.15, -0.1) is 0 Å². The van der Waals surface area contributed by atoms with E-state index >= 15 is 0 Å². The number of unbranched alkanes of at least 4 members (excludes halogenated alkanes) is 23. The predicted octanol–water partition coefficient (Wildman–Crippen LogP) is 13.4. The van der Waals surface area contributed by atoms with Crippen LogP contribution in [0.2, 0.25) is 0 Å². The van der Waals surface area contributed by atoms with E-state index in [2.05, 4.69) is 34.6 Å². The molecule has 0 N–H and O–H groups in total. The molecule has 6 nitrogen and oxygen atoms in total. The van der Waals surface area contributed by atoms with Crippen molar-refractivity contribution in [3.05, 3.63) is 0 Å². The largest absolute Gasteiger partial charge is 0.462 e. The third-order valence-electron chi connectivity index (χ3n) is 9.72. The molecule has 0 unspecified atom stereocenters. The van der Waals surface area contributed by atoms with Gasteiger partial charge in [-0.3, -0.25) is 14.4 Å². The third kappa shape index (κ3) is 37.7. The van der Waals surface area contributed by atoms with E-state index < -0.39 is 6.10 Å². The average molecular weight is 709 g/mol. The molecule has 6 heteroatoms. The molecule has 0 aliphatic heterocycles. The first-order valence-electron chi connectivity index (χ1n) is 21.7. The fourth-order valence-electron chi connectivity index (χ4n) is 6.40. The van der Waals surface area contributed by atoms with Crippen LogP contribution >= 0.6 is 0 Å². The van der Waals surface area contributed by atoms with Gasteiger partial charge in [0.05, 0.1) is 0 Å². The Hall–Kier alpha value is -1.59. The van der Waals surface area contributed by atoms with E-state index in [1.165, 1.54) is 116 Å². The molecule has 0 bridgehead atoms. The Morgan fingerprint density at radius 1 is 0.380 bits per heavy atom. The number of carbonyl (C=O) groups is 3. The lowest BCUT2D eigenvalue weighted by molar-refractivity contribution is -0.167. The Labute approximate surface area is 310 Å². The standard InChI is InChI=1S/C44H84O6/c1-6-7-8-22-29-34-42(45)48-37-41(38-49-43(46)35-30-25-20-16-13-12-15-19-24-28-33-40(4)5)50-44(47)36-31-26-21-17-11-9-10-14-18-23-27-32-39(2)3/h39-41H,6-38H2,1-5H3/t41-/m0/s1. The van der Waals surface area contributed by atoms with Crippen LogP contribution in [0.5, 0.6) is 0 Å². The minimum atomic E-state index is -0.758. The molecule has 0 aromatic carbocycles. The topological polar surface area (TPSA) is 78.9 Å². The fourth-order valence-corrected chi connectivity index (χ4v) is 6.40. The molecule has 0 rings (SSSR count). The van der Waals surface area contributed by atoms with E-state index in [9.17, 15) is 14.4 Å². The summed E-state index contributed by atoms with van der Waals surface area (Å²) < 4.78 is 16.6. The van der Waals surface area contributed by atoms with Gasteiger partial charge < -0.3 is 14.2 Å². The molecule has 1 atom stereocenters. The van der Waals surface area contributed by atoms with Gasteiger partial charge in [-0.2, -0.15) is 0 Å². The summed E-state index contributed by atoms with van der Waals surface area (Å²) in [5.74, 6) is 0.770. The van der Waals surface area contributed by atoms with Gasteiger partial charge >= 0.3 is 17.9 Å². The normalized spacial score (nSPS) is 12.1. The molecule has 0 aliphatic rings. The highest BCUT2D eigenvalue weighted by atomic mass is 16.6. The summed E-state index contributed by atoms with van der Waals surface area (Å²) in [7, 11) is 0. The lowest BCUT2D eigenvalue weighted by Gasteiger charge is -2.18. The van der Waals surface area contributed by atoms with Gasteiger partial charge in [0.25, 0.3) is 0 Å². The van der Waals surface area contributed by atoms with Crippen molar-refractivity contribution in [1.29, 1.82) is 0 Å². The molecule has 0 heterocycles. The van der Waals surface area contributed by atoms with Crippen molar-refractivity contribution in [2.45, 2.75) is 240 Å². The van der Waals surface area contributed by atoms with Crippen LogP contribution < -0.4 is 0 Å². The van der Waals surface area contributed by atoms with Gasteiger partial charge in [0, 0.05) is 19.3 Å². The molecule has 50 heavy (non-hydrogen) atoms. The van der Waals surface area contributed by atoms with Gasteiger partial charge in [-0.1, -0.05) is 195 Å². The van der Waals surface area contributed by atoms with Crippen molar-refractivity contribution in [3.8, 4) is 0 Å². The minimum absolute atomic E-state index is 0.0662. The zero-order valence-corrected chi connectivity index (χ0v) is 34.0. The maximum atomic E-state index is 12.6. The summed E-state index contributed by atoms with van der Waals surface area (Å²) in [6.45, 7) is 11.2. The van der Waals surface area contributed by atoms with Gasteiger partial charge in [0.1, 0.15) is 13.2 Å². The molecule has 296 valence electrons. The molecular formula is C44H84O6. The van der Waals surface area contributed by atoms with Crippen LogP contribution in [0, 0.1) is 11.8 Å². The second-order valence-corrected chi connectivity index (χ2v) is 15.9. The van der Waals surface area contributed by atoms with Gasteiger partial charge in [-0.25, -0.2) is 0 Å². The number of hydrogen-bond donors (Lipinski definition) is 0. The highest BCUT2D eigenvalue weighted by molar-refractivity contribution is 5.71. The van der Waals surface area contributed by atoms with E-state index in [1.54, 1.807) is 0 Å². The summed E-state index contributed by atoms with van der Waals surface area (Å²) in [5.41, 5.74) is 0. The Kier molecular flexibility index (Phi) is 36.0. The molecule has 0 aromatic heterocycles. The molecule has 0 aromatic rings. The highest BCUT2D eigenvalue weighted by Gasteiger charge is 2.19. The molecule has 0 saturated heterocycles. The van der Waals surface area contributed by atoms with Crippen molar-refractivity contribution in [3.63, 3.8) is 0 Å². The summed E-state index contributed by atoms with van der Waals surface area (Å²) >= 11 is 0. The summed E-state index contributed by atoms with van der Waals surface area (Å²) in [4.78, 5) is 37.4. The maximum absolute atomic E-state index is 12.6. The SMILES string of the molecule is CCCCCCCC(=O)OC[C@@H](COC(=O)CCCCCCCCCCCCC(C)C)OC(=O)CCCCCCCCCCCCCC(C)C. The Bertz CT molecular complexity index is 764. The zero-order chi connectivity index (χ0) is 36.9. The van der Waals surface area contributed by atoms with Crippen LogP contribution in [0.1, 0.15) is 234 Å². The average Bonchev–Trinajstić information content (AvgIpc) is 3.08. The van der Waals surface area contributed by atoms with Crippen LogP contribution in [0.3, 0.4) is 0 Å². The second-order valence-electron chi connectivity index (χ2n) is 15.9. The number of ether oxygens (including phenoxy) is 3. The number of rotatable bonds is 38. The van der Waals surface area contributed by atoms with Gasteiger partial charge in [-0.05, 0) is 31.1 Å². The Balaban J connectivity index is 4.22. The lowest BCUT2D eigenvalue weighted by Crippen LogP contribution is -2.30. The highest BCUT2D eigenvalue weighted by Crippen LogP contribution is 2.16. The zero-order valence-electron chi connectivity index (χ0n) is 34.0. The van der Waals surface area contributed by atoms with Crippen LogP contribution in [0.4, 0.5) is 0 Å². The van der Waals surface area contributed by atoms with Crippen LogP contribution in [0.15, 0.2) is 0 Å². The number of esters is 3. The molecule has 0 saturated carbocycles. The summed E-state index contributed by atoms with van der Waals surface area (Å²) in [6, 6.07) is 0. The Morgan fingerprint density at radius 3 is 0.980 bits per heavy atom. The fraction of sp³-hybridized carbons (Fsp3) is 0.932. The summed E-state index contributed by atoms with van der Waals surface area (Å²) in [5, 5.41) is 0. The van der Waals surface area contributed by atoms with E-state index in [0.29, 0.717) is 19.3 Å². The third-order valence-corrected chi connectivity index (χ3v) is 9.72. The van der Waals surface area contributed by atoms with Crippen LogP contribution in [-0.2, 0) is 28.6 Å². The number of hydrogen-bond acceptors (Lipinski definition) is 6. The summed E-state index contributed by atoms with van der Waals surface area (Å²) in [6.07, 6.45) is 34.0. The minimum Gasteiger partial charge on any atom is -0.462 e. The number of carbonyl (C=O) groups excluding carboxylic acids is 3. The van der Waals surface area contributed by atoms with Crippen molar-refractivity contribution in [2.75, 3.05) is 13.2 Å². The van der Waals surface area contributed by atoms with Crippen molar-refractivity contribution < 1.29 is 28.6 Å². The molecule has 0 radical (unpaired) electrons. The van der Waals surface area contributed by atoms with Crippen LogP contribution in [0.25, 0.3) is 0 Å². The Morgan fingerprint density at radius 2 is 0.660 bits per heavy atom. The maximum Gasteiger partial charge on any atom is 0.306 e. The quantitative estimate of drug-likeness (QED) is 0.0361. The molecular weight excluding hydrogens is 624 g/mol. The monoisotopic (exact) mass is 709 g/mol. The van der Waals surface area contributed by atoms with Gasteiger partial charge in [0.2, 0.25) is 0 Å². The van der Waals surface area contributed by atoms with Crippen molar-refractivity contribution >= 4 is 17.9 Å². The van der Waals surface area contributed by atoms with E-state index in [-0.39, 0.29) is 31.1 Å². The van der Waals surface area contributed by atoms with E-state index in [0.717, 1.165) is 76.0 Å². The molecule has 0 spiro atoms. The van der Waals surface area contributed by atoms with E-state index in [1.807, 2.05) is 0 Å². The molecule has 0 aliphatic carbocycles. The first-order chi connectivity index (χ1) is 24.2. The smallest absolute Gasteiger partial charge is 0.306 e. The molecule has 0 amide bonds.